The standard InChI is InChI=1S/C18H26ClN3O2/c1-11(2)8-17(23)21-13-4-5-15(19)14(9-13)18(24)22-16-6-7-20-10-12(16)3/h4-5,9,11-12,16,20H,6-8,10H2,1-3H3,(H,21,23)(H,22,24). The third kappa shape index (κ3) is 5.21. The molecule has 1 fully saturated rings. The van der Waals surface area contributed by atoms with Crippen LogP contribution in [0.3, 0.4) is 0 Å². The Labute approximate surface area is 148 Å². The zero-order valence-corrected chi connectivity index (χ0v) is 15.2. The number of benzene rings is 1. The van der Waals surface area contributed by atoms with Crippen molar-refractivity contribution in [3.05, 3.63) is 28.8 Å². The van der Waals surface area contributed by atoms with Gasteiger partial charge in [-0.3, -0.25) is 9.59 Å². The number of hydrogen-bond acceptors (Lipinski definition) is 3. The first-order chi connectivity index (χ1) is 11.4. The van der Waals surface area contributed by atoms with Crippen LogP contribution in [0.15, 0.2) is 18.2 Å². The molecule has 1 aliphatic rings. The quantitative estimate of drug-likeness (QED) is 0.763. The predicted octanol–water partition coefficient (Wildman–Crippen LogP) is 3.05. The monoisotopic (exact) mass is 351 g/mol. The van der Waals surface area contributed by atoms with Crippen molar-refractivity contribution in [2.75, 3.05) is 18.4 Å². The Kier molecular flexibility index (Phi) is 6.63. The second-order valence-electron chi connectivity index (χ2n) is 6.89. The zero-order chi connectivity index (χ0) is 17.7. The number of rotatable bonds is 5. The fraction of sp³-hybridized carbons (Fsp3) is 0.556. The summed E-state index contributed by atoms with van der Waals surface area (Å²) in [6, 6.07) is 5.13. The molecule has 1 heterocycles. The van der Waals surface area contributed by atoms with Crippen molar-refractivity contribution < 1.29 is 9.59 Å². The highest BCUT2D eigenvalue weighted by atomic mass is 35.5. The number of anilines is 1. The molecule has 2 amide bonds. The van der Waals surface area contributed by atoms with E-state index in [2.05, 4.69) is 22.9 Å². The van der Waals surface area contributed by atoms with Crippen molar-refractivity contribution in [2.45, 2.75) is 39.7 Å². The van der Waals surface area contributed by atoms with Crippen LogP contribution in [-0.2, 0) is 4.79 Å². The van der Waals surface area contributed by atoms with Crippen molar-refractivity contribution in [3.63, 3.8) is 0 Å². The minimum atomic E-state index is -0.196. The SMILES string of the molecule is CC(C)CC(=O)Nc1ccc(Cl)c(C(=O)NC2CCNCC2C)c1. The number of piperidine rings is 1. The molecule has 1 aliphatic heterocycles. The molecular weight excluding hydrogens is 326 g/mol. The Morgan fingerprint density at radius 3 is 2.79 bits per heavy atom. The highest BCUT2D eigenvalue weighted by Gasteiger charge is 2.24. The van der Waals surface area contributed by atoms with E-state index in [1.165, 1.54) is 0 Å². The topological polar surface area (TPSA) is 70.2 Å². The molecule has 6 heteroatoms. The summed E-state index contributed by atoms with van der Waals surface area (Å²) in [5.41, 5.74) is 0.985. The minimum Gasteiger partial charge on any atom is -0.349 e. The second kappa shape index (κ2) is 8.49. The molecule has 1 saturated heterocycles. The maximum Gasteiger partial charge on any atom is 0.253 e. The van der Waals surface area contributed by atoms with Crippen LogP contribution in [0.5, 0.6) is 0 Å². The molecule has 24 heavy (non-hydrogen) atoms. The van der Waals surface area contributed by atoms with Gasteiger partial charge >= 0.3 is 0 Å². The average Bonchev–Trinajstić information content (AvgIpc) is 2.50. The average molecular weight is 352 g/mol. The molecule has 0 aromatic heterocycles. The fourth-order valence-corrected chi connectivity index (χ4v) is 3.04. The molecule has 0 saturated carbocycles. The van der Waals surface area contributed by atoms with E-state index in [-0.39, 0.29) is 23.8 Å². The number of hydrogen-bond donors (Lipinski definition) is 3. The lowest BCUT2D eigenvalue weighted by molar-refractivity contribution is -0.116. The summed E-state index contributed by atoms with van der Waals surface area (Å²) < 4.78 is 0. The highest BCUT2D eigenvalue weighted by Crippen LogP contribution is 2.22. The number of carbonyl (C=O) groups excluding carboxylic acids is 2. The van der Waals surface area contributed by atoms with Crippen molar-refractivity contribution >= 4 is 29.1 Å². The minimum absolute atomic E-state index is 0.0642. The first-order valence-electron chi connectivity index (χ1n) is 8.47. The van der Waals surface area contributed by atoms with Gasteiger partial charge in [-0.2, -0.15) is 0 Å². The normalized spacial score (nSPS) is 20.7. The van der Waals surface area contributed by atoms with Crippen molar-refractivity contribution in [2.24, 2.45) is 11.8 Å². The van der Waals surface area contributed by atoms with E-state index in [0.717, 1.165) is 19.5 Å². The lowest BCUT2D eigenvalue weighted by Crippen LogP contribution is -2.48. The van der Waals surface area contributed by atoms with Crippen molar-refractivity contribution in [1.82, 2.24) is 10.6 Å². The summed E-state index contributed by atoms with van der Waals surface area (Å²) in [6.07, 6.45) is 1.34. The van der Waals surface area contributed by atoms with Gasteiger partial charge in [0, 0.05) is 18.2 Å². The lowest BCUT2D eigenvalue weighted by Gasteiger charge is -2.30. The van der Waals surface area contributed by atoms with Gasteiger partial charge in [-0.25, -0.2) is 0 Å². The molecule has 1 aromatic carbocycles. The summed E-state index contributed by atoms with van der Waals surface area (Å²) in [6.45, 7) is 7.88. The Balaban J connectivity index is 2.07. The third-order valence-corrected chi connectivity index (χ3v) is 4.52. The molecule has 1 aromatic rings. The number of halogens is 1. The van der Waals surface area contributed by atoms with E-state index in [1.807, 2.05) is 13.8 Å². The Morgan fingerprint density at radius 2 is 2.12 bits per heavy atom. The summed E-state index contributed by atoms with van der Waals surface area (Å²) in [7, 11) is 0. The van der Waals surface area contributed by atoms with Crippen LogP contribution in [0.1, 0.15) is 44.0 Å². The number of amides is 2. The van der Waals surface area contributed by atoms with Gasteiger partial charge in [-0.1, -0.05) is 32.4 Å². The first kappa shape index (κ1) is 18.7. The Hall–Kier alpha value is -1.59. The Bertz CT molecular complexity index is 604. The van der Waals surface area contributed by atoms with E-state index in [9.17, 15) is 9.59 Å². The largest absolute Gasteiger partial charge is 0.349 e. The smallest absolute Gasteiger partial charge is 0.253 e. The van der Waals surface area contributed by atoms with Crippen LogP contribution in [0.2, 0.25) is 5.02 Å². The molecule has 0 radical (unpaired) electrons. The van der Waals surface area contributed by atoms with Crippen molar-refractivity contribution in [1.29, 1.82) is 0 Å². The predicted molar refractivity (Wildman–Crippen MR) is 97.4 cm³/mol. The van der Waals surface area contributed by atoms with E-state index in [4.69, 9.17) is 11.6 Å². The molecular formula is C18H26ClN3O2. The molecule has 132 valence electrons. The maximum atomic E-state index is 12.6. The molecule has 2 rings (SSSR count). The highest BCUT2D eigenvalue weighted by molar-refractivity contribution is 6.34. The van der Waals surface area contributed by atoms with Crippen LogP contribution in [-0.4, -0.2) is 30.9 Å². The molecule has 0 aliphatic carbocycles. The van der Waals surface area contributed by atoms with Crippen LogP contribution in [0.4, 0.5) is 5.69 Å². The van der Waals surface area contributed by atoms with E-state index < -0.39 is 0 Å². The summed E-state index contributed by atoms with van der Waals surface area (Å²) in [5.74, 6) is 0.390. The zero-order valence-electron chi connectivity index (χ0n) is 14.5. The van der Waals surface area contributed by atoms with Gasteiger partial charge in [0.2, 0.25) is 5.91 Å². The van der Waals surface area contributed by atoms with Gasteiger partial charge in [0.1, 0.15) is 0 Å². The van der Waals surface area contributed by atoms with Crippen molar-refractivity contribution in [3.8, 4) is 0 Å². The first-order valence-corrected chi connectivity index (χ1v) is 8.85. The Morgan fingerprint density at radius 1 is 1.38 bits per heavy atom. The van der Waals surface area contributed by atoms with Gasteiger partial charge in [0.15, 0.2) is 0 Å². The molecule has 0 bridgehead atoms. The summed E-state index contributed by atoms with van der Waals surface area (Å²) >= 11 is 6.18. The third-order valence-electron chi connectivity index (χ3n) is 4.19. The van der Waals surface area contributed by atoms with Crippen LogP contribution >= 0.6 is 11.6 Å². The molecule has 2 unspecified atom stereocenters. The van der Waals surface area contributed by atoms with E-state index in [1.54, 1.807) is 18.2 Å². The number of carbonyl (C=O) groups is 2. The van der Waals surface area contributed by atoms with Gasteiger partial charge in [0.05, 0.1) is 10.6 Å². The number of nitrogens with one attached hydrogen (secondary N) is 3. The molecule has 0 spiro atoms. The van der Waals surface area contributed by atoms with Gasteiger partial charge < -0.3 is 16.0 Å². The van der Waals surface area contributed by atoms with Crippen LogP contribution < -0.4 is 16.0 Å². The second-order valence-corrected chi connectivity index (χ2v) is 7.30. The molecule has 2 atom stereocenters. The fourth-order valence-electron chi connectivity index (χ4n) is 2.83. The van der Waals surface area contributed by atoms with E-state index >= 15 is 0 Å². The van der Waals surface area contributed by atoms with E-state index in [0.29, 0.717) is 28.6 Å². The maximum absolute atomic E-state index is 12.6. The summed E-state index contributed by atoms with van der Waals surface area (Å²) in [4.78, 5) is 24.5. The molecule has 3 N–H and O–H groups in total. The molecule has 5 nitrogen and oxygen atoms in total. The summed E-state index contributed by atoms with van der Waals surface area (Å²) in [5, 5.41) is 9.58. The van der Waals surface area contributed by atoms with Crippen LogP contribution in [0, 0.1) is 11.8 Å². The lowest BCUT2D eigenvalue weighted by atomic mass is 9.95. The van der Waals surface area contributed by atoms with Gasteiger partial charge in [-0.05, 0) is 49.5 Å². The van der Waals surface area contributed by atoms with Gasteiger partial charge in [-0.15, -0.1) is 0 Å². The van der Waals surface area contributed by atoms with Crippen LogP contribution in [0.25, 0.3) is 0 Å². The van der Waals surface area contributed by atoms with Gasteiger partial charge in [0.25, 0.3) is 5.91 Å².